The highest BCUT2D eigenvalue weighted by molar-refractivity contribution is 7.99. The van der Waals surface area contributed by atoms with Gasteiger partial charge in [0.1, 0.15) is 5.54 Å². The Morgan fingerprint density at radius 3 is 2.76 bits per heavy atom. The van der Waals surface area contributed by atoms with Gasteiger partial charge in [0.15, 0.2) is 5.69 Å². The van der Waals surface area contributed by atoms with Gasteiger partial charge in [-0.2, -0.15) is 22.1 Å². The molecule has 1 aromatic carbocycles. The number of nitrogens with one attached hydrogen (secondary N) is 1. The molecule has 1 atom stereocenters. The maximum atomic E-state index is 12.9. The van der Waals surface area contributed by atoms with Crippen molar-refractivity contribution in [2.75, 3.05) is 11.5 Å². The van der Waals surface area contributed by atoms with Crippen LogP contribution in [-0.2, 0) is 6.54 Å². The molecular weight excluding hydrogens is 336 g/mol. The first-order valence-electron chi connectivity index (χ1n) is 8.27. The van der Waals surface area contributed by atoms with Crippen LogP contribution in [0.15, 0.2) is 29.1 Å². The molecule has 1 fully saturated rings. The van der Waals surface area contributed by atoms with E-state index in [2.05, 4.69) is 16.5 Å². The van der Waals surface area contributed by atoms with Crippen LogP contribution in [0.5, 0.6) is 0 Å². The van der Waals surface area contributed by atoms with E-state index < -0.39 is 11.4 Å². The molecule has 1 aliphatic rings. The van der Waals surface area contributed by atoms with E-state index in [0.717, 1.165) is 5.75 Å². The minimum Gasteiger partial charge on any atom is -0.332 e. The minimum atomic E-state index is -0.858. The van der Waals surface area contributed by atoms with Crippen LogP contribution in [0.25, 0.3) is 10.8 Å². The van der Waals surface area contributed by atoms with E-state index in [1.165, 1.54) is 4.68 Å². The average molecular weight is 356 g/mol. The topological polar surface area (TPSA) is 87.8 Å². The molecule has 0 saturated carbocycles. The minimum absolute atomic E-state index is 0.197. The van der Waals surface area contributed by atoms with Crippen molar-refractivity contribution in [2.45, 2.75) is 32.4 Å². The molecule has 3 rings (SSSR count). The zero-order valence-corrected chi connectivity index (χ0v) is 15.1. The van der Waals surface area contributed by atoms with Crippen molar-refractivity contribution < 1.29 is 4.79 Å². The zero-order chi connectivity index (χ0) is 18.0. The van der Waals surface area contributed by atoms with E-state index in [9.17, 15) is 14.9 Å². The molecule has 6 nitrogen and oxygen atoms in total. The fourth-order valence-corrected chi connectivity index (χ4v) is 4.20. The Morgan fingerprint density at radius 2 is 2.16 bits per heavy atom. The van der Waals surface area contributed by atoms with Crippen molar-refractivity contribution in [3.63, 3.8) is 0 Å². The molecule has 1 amide bonds. The molecule has 0 spiro atoms. The third-order valence-electron chi connectivity index (χ3n) is 4.21. The summed E-state index contributed by atoms with van der Waals surface area (Å²) in [5.74, 6) is 1.23. The van der Waals surface area contributed by atoms with Crippen LogP contribution in [0.2, 0.25) is 0 Å². The first-order valence-corrected chi connectivity index (χ1v) is 9.42. The summed E-state index contributed by atoms with van der Waals surface area (Å²) < 4.78 is 1.35. The van der Waals surface area contributed by atoms with Crippen LogP contribution in [0.3, 0.4) is 0 Å². The van der Waals surface area contributed by atoms with E-state index in [4.69, 9.17) is 0 Å². The maximum Gasteiger partial charge on any atom is 0.274 e. The van der Waals surface area contributed by atoms with Crippen molar-refractivity contribution >= 4 is 28.4 Å². The summed E-state index contributed by atoms with van der Waals surface area (Å²) in [6.45, 7) is 4.41. The molecule has 2 heterocycles. The normalized spacial score (nSPS) is 19.9. The van der Waals surface area contributed by atoms with Crippen molar-refractivity contribution in [3.05, 3.63) is 40.3 Å². The van der Waals surface area contributed by atoms with E-state index in [1.807, 2.05) is 13.8 Å². The molecule has 25 heavy (non-hydrogen) atoms. The predicted octanol–water partition coefficient (Wildman–Crippen LogP) is 2.18. The summed E-state index contributed by atoms with van der Waals surface area (Å²) in [6, 6.07) is 9.21. The number of carbonyl (C=O) groups is 1. The monoisotopic (exact) mass is 356 g/mol. The Bertz CT molecular complexity index is 907. The van der Waals surface area contributed by atoms with Gasteiger partial charge < -0.3 is 5.32 Å². The largest absolute Gasteiger partial charge is 0.332 e. The number of benzene rings is 1. The van der Waals surface area contributed by atoms with Crippen LogP contribution < -0.4 is 10.9 Å². The lowest BCUT2D eigenvalue weighted by molar-refractivity contribution is 0.0920. The number of thioether (sulfide) groups is 1. The smallest absolute Gasteiger partial charge is 0.274 e. The molecule has 1 aromatic heterocycles. The first kappa shape index (κ1) is 17.5. The van der Waals surface area contributed by atoms with Gasteiger partial charge in [0.05, 0.1) is 11.5 Å². The molecule has 1 unspecified atom stereocenters. The molecule has 1 saturated heterocycles. The Kier molecular flexibility index (Phi) is 4.82. The SMILES string of the molecule is CC(C)Cn1nc(C(=O)NC2(C#N)CCSC2)c2ccccc2c1=O. The zero-order valence-electron chi connectivity index (χ0n) is 14.3. The summed E-state index contributed by atoms with van der Waals surface area (Å²) in [7, 11) is 0. The van der Waals surface area contributed by atoms with Gasteiger partial charge in [-0.25, -0.2) is 4.68 Å². The van der Waals surface area contributed by atoms with Gasteiger partial charge in [0, 0.05) is 17.7 Å². The Balaban J connectivity index is 2.08. The van der Waals surface area contributed by atoms with Crippen LogP contribution in [0, 0.1) is 17.2 Å². The molecule has 0 bridgehead atoms. The van der Waals surface area contributed by atoms with Crippen LogP contribution in [-0.4, -0.2) is 32.7 Å². The molecule has 2 aromatic rings. The highest BCUT2D eigenvalue weighted by Crippen LogP contribution is 2.28. The van der Waals surface area contributed by atoms with Crippen LogP contribution in [0.1, 0.15) is 30.8 Å². The molecule has 130 valence electrons. The van der Waals surface area contributed by atoms with Gasteiger partial charge in [-0.15, -0.1) is 0 Å². The van der Waals surface area contributed by atoms with Crippen molar-refractivity contribution in [3.8, 4) is 6.07 Å². The van der Waals surface area contributed by atoms with Crippen molar-refractivity contribution in [1.82, 2.24) is 15.1 Å². The lowest BCUT2D eigenvalue weighted by Gasteiger charge is -2.21. The van der Waals surface area contributed by atoms with Gasteiger partial charge in [-0.1, -0.05) is 32.0 Å². The second-order valence-electron chi connectivity index (χ2n) is 6.73. The number of aromatic nitrogens is 2. The van der Waals surface area contributed by atoms with E-state index in [0.29, 0.717) is 29.5 Å². The van der Waals surface area contributed by atoms with Crippen LogP contribution >= 0.6 is 11.8 Å². The molecule has 0 radical (unpaired) electrons. The second kappa shape index (κ2) is 6.89. The predicted molar refractivity (Wildman–Crippen MR) is 98.6 cm³/mol. The Morgan fingerprint density at radius 1 is 1.44 bits per heavy atom. The molecule has 0 aliphatic carbocycles. The number of rotatable bonds is 4. The Labute approximate surface area is 150 Å². The van der Waals surface area contributed by atoms with E-state index in [-0.39, 0.29) is 17.2 Å². The summed E-state index contributed by atoms with van der Waals surface area (Å²) in [5.41, 5.74) is -0.863. The number of amides is 1. The third-order valence-corrected chi connectivity index (χ3v) is 5.40. The first-order chi connectivity index (χ1) is 12.0. The van der Waals surface area contributed by atoms with Gasteiger partial charge in [-0.3, -0.25) is 9.59 Å². The lowest BCUT2D eigenvalue weighted by Crippen LogP contribution is -2.48. The number of hydrogen-bond donors (Lipinski definition) is 1. The standard InChI is InChI=1S/C18H20N4O2S/c1-12(2)9-22-17(24)14-6-4-3-5-13(14)15(21-22)16(23)20-18(10-19)7-8-25-11-18/h3-6,12H,7-9,11H2,1-2H3,(H,20,23). The lowest BCUT2D eigenvalue weighted by atomic mass is 10.0. The number of nitrogens with zero attached hydrogens (tertiary/aromatic N) is 3. The second-order valence-corrected chi connectivity index (χ2v) is 7.83. The van der Waals surface area contributed by atoms with Gasteiger partial charge >= 0.3 is 0 Å². The van der Waals surface area contributed by atoms with Gasteiger partial charge in [0.25, 0.3) is 11.5 Å². The molecular formula is C18H20N4O2S. The highest BCUT2D eigenvalue weighted by Gasteiger charge is 2.37. The summed E-state index contributed by atoms with van der Waals surface area (Å²) in [6.07, 6.45) is 0.615. The summed E-state index contributed by atoms with van der Waals surface area (Å²) in [4.78, 5) is 25.5. The maximum absolute atomic E-state index is 12.9. The fourth-order valence-electron chi connectivity index (χ4n) is 2.93. The number of carbonyl (C=O) groups excluding carboxylic acids is 1. The Hall–Kier alpha value is -2.33. The van der Waals surface area contributed by atoms with E-state index in [1.54, 1.807) is 36.0 Å². The quantitative estimate of drug-likeness (QED) is 0.907. The summed E-state index contributed by atoms with van der Waals surface area (Å²) in [5, 5.41) is 17.7. The van der Waals surface area contributed by atoms with Gasteiger partial charge in [0.2, 0.25) is 0 Å². The molecule has 1 N–H and O–H groups in total. The third kappa shape index (κ3) is 3.40. The molecule has 1 aliphatic heterocycles. The number of fused-ring (bicyclic) bond motifs is 1. The fraction of sp³-hybridized carbons (Fsp3) is 0.444. The van der Waals surface area contributed by atoms with E-state index >= 15 is 0 Å². The number of nitriles is 1. The average Bonchev–Trinajstić information content (AvgIpc) is 3.06. The highest BCUT2D eigenvalue weighted by atomic mass is 32.2. The van der Waals surface area contributed by atoms with Crippen molar-refractivity contribution in [2.24, 2.45) is 5.92 Å². The van der Waals surface area contributed by atoms with Crippen LogP contribution in [0.4, 0.5) is 0 Å². The number of hydrogen-bond acceptors (Lipinski definition) is 5. The molecule has 7 heteroatoms. The van der Waals surface area contributed by atoms with Gasteiger partial charge in [-0.05, 0) is 24.2 Å². The summed E-state index contributed by atoms with van der Waals surface area (Å²) >= 11 is 1.65. The van der Waals surface area contributed by atoms with Crippen molar-refractivity contribution in [1.29, 1.82) is 5.26 Å².